The van der Waals surface area contributed by atoms with E-state index in [0.29, 0.717) is 13.0 Å². The monoisotopic (exact) mass is 355 g/mol. The van der Waals surface area contributed by atoms with Gasteiger partial charge < -0.3 is 20.1 Å². The average molecular weight is 355 g/mol. The number of pyridine rings is 1. The molecule has 0 bridgehead atoms. The molecular formula is C20H25N3O3. The van der Waals surface area contributed by atoms with Crippen LogP contribution in [0.3, 0.4) is 0 Å². The Morgan fingerprint density at radius 1 is 1.27 bits per heavy atom. The molecule has 3 rings (SSSR count). The number of ether oxygens (including phenoxy) is 1. The number of hydrogen-bond acceptors (Lipinski definition) is 5. The number of hydrogen-bond donors (Lipinski definition) is 2. The maximum Gasteiger partial charge on any atom is 0.410 e. The zero-order chi connectivity index (χ0) is 18.4. The maximum absolute atomic E-state index is 12.4. The zero-order valence-electron chi connectivity index (χ0n) is 14.9. The van der Waals surface area contributed by atoms with Crippen LogP contribution in [0, 0.1) is 0 Å². The van der Waals surface area contributed by atoms with E-state index in [0.717, 1.165) is 11.3 Å². The Balaban J connectivity index is 1.50. The fraction of sp³-hybridized carbons (Fsp3) is 0.400. The molecule has 1 saturated heterocycles. The molecule has 1 fully saturated rings. The third kappa shape index (κ3) is 4.80. The summed E-state index contributed by atoms with van der Waals surface area (Å²) in [6, 6.07) is 15.2. The minimum atomic E-state index is -0.640. The standard InChI is InChI=1S/C20H25N3O3/c1-15-11-18(22-12-17-9-5-6-10-21-17)19(24)13-23(15)20(25)26-14-16-7-3-2-4-8-16/h2-10,15,18-19,22,24H,11-14H2,1H3. The Morgan fingerprint density at radius 2 is 2.04 bits per heavy atom. The Labute approximate surface area is 153 Å². The molecule has 0 spiro atoms. The van der Waals surface area contributed by atoms with Gasteiger partial charge in [0, 0.05) is 24.8 Å². The first kappa shape index (κ1) is 18.4. The summed E-state index contributed by atoms with van der Waals surface area (Å²) >= 11 is 0. The van der Waals surface area contributed by atoms with E-state index in [-0.39, 0.29) is 31.3 Å². The number of rotatable bonds is 5. The van der Waals surface area contributed by atoms with Gasteiger partial charge in [-0.05, 0) is 31.0 Å². The molecule has 26 heavy (non-hydrogen) atoms. The van der Waals surface area contributed by atoms with Crippen LogP contribution < -0.4 is 5.32 Å². The van der Waals surface area contributed by atoms with Crippen molar-refractivity contribution < 1.29 is 14.6 Å². The highest BCUT2D eigenvalue weighted by Gasteiger charge is 2.35. The second-order valence-electron chi connectivity index (χ2n) is 6.65. The topological polar surface area (TPSA) is 74.7 Å². The summed E-state index contributed by atoms with van der Waals surface area (Å²) in [6.07, 6.45) is 1.39. The number of carbonyl (C=O) groups excluding carboxylic acids is 1. The number of piperidine rings is 1. The lowest BCUT2D eigenvalue weighted by Gasteiger charge is -2.40. The summed E-state index contributed by atoms with van der Waals surface area (Å²) in [7, 11) is 0. The Morgan fingerprint density at radius 3 is 2.77 bits per heavy atom. The van der Waals surface area contributed by atoms with Crippen LogP contribution in [0.4, 0.5) is 4.79 Å². The van der Waals surface area contributed by atoms with Gasteiger partial charge in [-0.15, -0.1) is 0 Å². The van der Waals surface area contributed by atoms with Gasteiger partial charge in [0.1, 0.15) is 6.61 Å². The molecular weight excluding hydrogens is 330 g/mol. The van der Waals surface area contributed by atoms with Crippen LogP contribution in [0.5, 0.6) is 0 Å². The number of benzene rings is 1. The van der Waals surface area contributed by atoms with Crippen molar-refractivity contribution in [2.24, 2.45) is 0 Å². The molecule has 6 nitrogen and oxygen atoms in total. The predicted octanol–water partition coefficient (Wildman–Crippen LogP) is 2.33. The number of nitrogens with one attached hydrogen (secondary N) is 1. The molecule has 138 valence electrons. The van der Waals surface area contributed by atoms with E-state index < -0.39 is 6.10 Å². The third-order valence-electron chi connectivity index (χ3n) is 4.69. The predicted molar refractivity (Wildman–Crippen MR) is 98.3 cm³/mol. The highest BCUT2D eigenvalue weighted by molar-refractivity contribution is 5.68. The minimum Gasteiger partial charge on any atom is -0.445 e. The smallest absolute Gasteiger partial charge is 0.410 e. The number of likely N-dealkylation sites (tertiary alicyclic amines) is 1. The van der Waals surface area contributed by atoms with Crippen molar-refractivity contribution in [1.29, 1.82) is 0 Å². The molecule has 1 aliphatic heterocycles. The van der Waals surface area contributed by atoms with Crippen LogP contribution in [0.1, 0.15) is 24.6 Å². The van der Waals surface area contributed by atoms with Crippen molar-refractivity contribution >= 4 is 6.09 Å². The molecule has 3 atom stereocenters. The fourth-order valence-electron chi connectivity index (χ4n) is 3.17. The first-order valence-corrected chi connectivity index (χ1v) is 8.92. The summed E-state index contributed by atoms with van der Waals surface area (Å²) in [5, 5.41) is 13.8. The molecule has 3 unspecified atom stereocenters. The molecule has 1 aliphatic rings. The number of amides is 1. The number of aliphatic hydroxyl groups is 1. The zero-order valence-corrected chi connectivity index (χ0v) is 14.9. The Hall–Kier alpha value is -2.44. The van der Waals surface area contributed by atoms with Gasteiger partial charge in [-0.2, -0.15) is 0 Å². The molecule has 2 heterocycles. The van der Waals surface area contributed by atoms with Gasteiger partial charge in [-0.3, -0.25) is 4.98 Å². The van der Waals surface area contributed by atoms with Crippen molar-refractivity contribution in [2.45, 2.75) is 44.7 Å². The van der Waals surface area contributed by atoms with E-state index in [1.54, 1.807) is 11.1 Å². The number of aliphatic hydroxyl groups excluding tert-OH is 1. The van der Waals surface area contributed by atoms with Crippen molar-refractivity contribution in [3.8, 4) is 0 Å². The van der Waals surface area contributed by atoms with Gasteiger partial charge >= 0.3 is 6.09 Å². The summed E-state index contributed by atoms with van der Waals surface area (Å²) in [5.74, 6) is 0. The molecule has 2 aromatic rings. The van der Waals surface area contributed by atoms with Crippen LogP contribution in [-0.4, -0.2) is 45.8 Å². The number of β-amino-alcohol motifs (C(OH)–C–C–N with tert-alkyl or cyclic N) is 1. The Kier molecular flexibility index (Phi) is 6.20. The largest absolute Gasteiger partial charge is 0.445 e. The van der Waals surface area contributed by atoms with E-state index in [9.17, 15) is 9.90 Å². The summed E-state index contributed by atoms with van der Waals surface area (Å²) < 4.78 is 5.40. The first-order valence-electron chi connectivity index (χ1n) is 8.92. The summed E-state index contributed by atoms with van der Waals surface area (Å²) in [6.45, 7) is 3.06. The van der Waals surface area contributed by atoms with Crippen molar-refractivity contribution in [3.05, 3.63) is 66.0 Å². The molecule has 1 amide bonds. The SMILES string of the molecule is CC1CC(NCc2ccccn2)C(O)CN1C(=O)OCc1ccccc1. The quantitative estimate of drug-likeness (QED) is 0.861. The second kappa shape index (κ2) is 8.78. The highest BCUT2D eigenvalue weighted by Crippen LogP contribution is 2.20. The van der Waals surface area contributed by atoms with Gasteiger partial charge in [0.05, 0.1) is 18.3 Å². The average Bonchev–Trinajstić information content (AvgIpc) is 2.68. The van der Waals surface area contributed by atoms with Gasteiger partial charge in [-0.1, -0.05) is 36.4 Å². The highest BCUT2D eigenvalue weighted by atomic mass is 16.6. The molecule has 0 aliphatic carbocycles. The number of carbonyl (C=O) groups is 1. The summed E-state index contributed by atoms with van der Waals surface area (Å²) in [5.41, 5.74) is 1.87. The van der Waals surface area contributed by atoms with Gasteiger partial charge in [0.25, 0.3) is 0 Å². The van der Waals surface area contributed by atoms with E-state index in [2.05, 4.69) is 10.3 Å². The minimum absolute atomic E-state index is 0.0112. The maximum atomic E-state index is 12.4. The Bertz CT molecular complexity index is 696. The molecule has 0 saturated carbocycles. The molecule has 2 N–H and O–H groups in total. The van der Waals surface area contributed by atoms with Crippen molar-refractivity contribution in [2.75, 3.05) is 6.54 Å². The van der Waals surface area contributed by atoms with Crippen LogP contribution in [0.25, 0.3) is 0 Å². The van der Waals surface area contributed by atoms with Crippen molar-refractivity contribution in [1.82, 2.24) is 15.2 Å². The van der Waals surface area contributed by atoms with E-state index in [1.807, 2.05) is 55.5 Å². The van der Waals surface area contributed by atoms with E-state index in [4.69, 9.17) is 4.74 Å². The molecule has 1 aromatic carbocycles. The molecule has 6 heteroatoms. The normalized spacial score (nSPS) is 22.8. The first-order chi connectivity index (χ1) is 12.6. The number of aromatic nitrogens is 1. The van der Waals surface area contributed by atoms with Gasteiger partial charge in [0.15, 0.2) is 0 Å². The van der Waals surface area contributed by atoms with Gasteiger partial charge in [-0.25, -0.2) is 4.79 Å². The summed E-state index contributed by atoms with van der Waals surface area (Å²) in [4.78, 5) is 18.3. The van der Waals surface area contributed by atoms with E-state index in [1.165, 1.54) is 0 Å². The third-order valence-corrected chi connectivity index (χ3v) is 4.69. The second-order valence-corrected chi connectivity index (χ2v) is 6.65. The number of nitrogens with zero attached hydrogens (tertiary/aromatic N) is 2. The lowest BCUT2D eigenvalue weighted by Crippen LogP contribution is -2.57. The lowest BCUT2D eigenvalue weighted by molar-refractivity contribution is 0.00549. The van der Waals surface area contributed by atoms with Crippen LogP contribution >= 0.6 is 0 Å². The molecule has 1 aromatic heterocycles. The van der Waals surface area contributed by atoms with E-state index >= 15 is 0 Å². The van der Waals surface area contributed by atoms with Gasteiger partial charge in [0.2, 0.25) is 0 Å². The van der Waals surface area contributed by atoms with Crippen LogP contribution in [0.15, 0.2) is 54.7 Å². The van der Waals surface area contributed by atoms with Crippen molar-refractivity contribution in [3.63, 3.8) is 0 Å². The van der Waals surface area contributed by atoms with Crippen LogP contribution in [0.2, 0.25) is 0 Å². The fourth-order valence-corrected chi connectivity index (χ4v) is 3.17. The lowest BCUT2D eigenvalue weighted by atomic mass is 9.96. The van der Waals surface area contributed by atoms with Crippen LogP contribution in [-0.2, 0) is 17.9 Å². The molecule has 0 radical (unpaired) electrons.